The number of ether oxygens (including phenoxy) is 2. The SMILES string of the molecule is C[C@@H](C/C=C/c1ccccc1)CCN[C@H](O)[C@]1(O)[C@H](Oc2ccc3c(=O)c(-c4ccc(O)cc4)c(C(N)=O)oc3c2)O[C@H](C(=O)O)[C@@H](O)[C@@H]1O. The standard InChI is InChI=1S/C36H38N2O12/c1-19(6-5-9-20-7-3-2-4-8-20)16-17-38-34(46)36(47)31(42)28(41)30(33(44)45)50-35(36)48-23-14-15-24-25(18-23)49-29(32(37)43)26(27(24)40)21-10-12-22(39)13-11-21/h2-5,7-15,18-19,28,30-31,34-35,38-39,41-42,46-47H,6,16-17H2,1H3,(H2,37,43)(H,44,45)/b9-5+/t19-,28+,30-,31-,34+,35+,36-/m0/s1. The molecule has 0 aliphatic carbocycles. The maximum atomic E-state index is 13.5. The Morgan fingerprint density at radius 2 is 1.78 bits per heavy atom. The van der Waals surface area contributed by atoms with Crippen LogP contribution in [0.25, 0.3) is 28.2 Å². The molecule has 0 unspecified atom stereocenters. The molecule has 264 valence electrons. The van der Waals surface area contributed by atoms with Crippen molar-refractivity contribution in [2.45, 2.75) is 56.2 Å². The van der Waals surface area contributed by atoms with Crippen LogP contribution < -0.4 is 21.2 Å². The van der Waals surface area contributed by atoms with Gasteiger partial charge in [-0.25, -0.2) is 4.79 Å². The Bertz CT molecular complexity index is 1910. The number of carboxylic acid groups (broad SMARTS) is 1. The number of nitrogens with two attached hydrogens (primary N) is 1. The Labute approximate surface area is 285 Å². The van der Waals surface area contributed by atoms with Gasteiger partial charge in [-0.1, -0.05) is 61.5 Å². The largest absolute Gasteiger partial charge is 0.508 e. The van der Waals surface area contributed by atoms with Gasteiger partial charge in [-0.15, -0.1) is 0 Å². The van der Waals surface area contributed by atoms with Crippen LogP contribution in [0.15, 0.2) is 88.1 Å². The van der Waals surface area contributed by atoms with Crippen molar-refractivity contribution in [2.24, 2.45) is 11.7 Å². The highest BCUT2D eigenvalue weighted by Gasteiger charge is 2.61. The molecule has 0 spiro atoms. The van der Waals surface area contributed by atoms with Crippen LogP contribution in [0.4, 0.5) is 0 Å². The fraction of sp³-hybridized carbons (Fsp3) is 0.306. The van der Waals surface area contributed by atoms with Gasteiger partial charge in [0.25, 0.3) is 5.91 Å². The fourth-order valence-electron chi connectivity index (χ4n) is 5.70. The lowest BCUT2D eigenvalue weighted by Gasteiger charge is -2.48. The van der Waals surface area contributed by atoms with Crippen molar-refractivity contribution in [3.8, 4) is 22.6 Å². The number of hydrogen-bond donors (Lipinski definition) is 8. The number of nitrogens with one attached hydrogen (secondary N) is 1. The molecular weight excluding hydrogens is 652 g/mol. The normalized spacial score (nSPS) is 23.5. The summed E-state index contributed by atoms with van der Waals surface area (Å²) in [4.78, 5) is 37.7. The zero-order valence-corrected chi connectivity index (χ0v) is 26.9. The molecule has 7 atom stereocenters. The number of phenols is 1. The molecule has 0 bridgehead atoms. The molecule has 14 heteroatoms. The number of allylic oxidation sites excluding steroid dienone is 1. The molecule has 0 radical (unpaired) electrons. The third-order valence-electron chi connectivity index (χ3n) is 8.55. The van der Waals surface area contributed by atoms with E-state index in [9.17, 15) is 45.0 Å². The Hall–Kier alpha value is -5.09. The van der Waals surface area contributed by atoms with Crippen LogP contribution in [0.1, 0.15) is 35.9 Å². The molecule has 4 aromatic rings. The number of phenolic OH excluding ortho intramolecular Hbond substituents is 1. The van der Waals surface area contributed by atoms with E-state index >= 15 is 0 Å². The molecule has 3 aromatic carbocycles. The first kappa shape index (κ1) is 36.2. The minimum Gasteiger partial charge on any atom is -0.508 e. The Morgan fingerprint density at radius 3 is 2.44 bits per heavy atom. The summed E-state index contributed by atoms with van der Waals surface area (Å²) in [6.45, 7) is 2.13. The number of aliphatic carboxylic acids is 1. The van der Waals surface area contributed by atoms with Gasteiger partial charge in [0.2, 0.25) is 17.5 Å². The number of fused-ring (bicyclic) bond motifs is 1. The van der Waals surface area contributed by atoms with Gasteiger partial charge in [-0.3, -0.25) is 14.9 Å². The molecule has 50 heavy (non-hydrogen) atoms. The first-order valence-electron chi connectivity index (χ1n) is 15.8. The van der Waals surface area contributed by atoms with Crippen molar-refractivity contribution in [3.63, 3.8) is 0 Å². The van der Waals surface area contributed by atoms with Crippen molar-refractivity contribution in [1.29, 1.82) is 0 Å². The van der Waals surface area contributed by atoms with Gasteiger partial charge in [0.1, 0.15) is 35.5 Å². The smallest absolute Gasteiger partial charge is 0.335 e. The number of aliphatic hydroxyl groups excluding tert-OH is 3. The van der Waals surface area contributed by atoms with Crippen LogP contribution >= 0.6 is 0 Å². The van der Waals surface area contributed by atoms with E-state index in [4.69, 9.17) is 19.6 Å². The minimum absolute atomic E-state index is 0.0152. The van der Waals surface area contributed by atoms with Crippen molar-refractivity contribution in [3.05, 3.63) is 100 Å². The Morgan fingerprint density at radius 1 is 1.08 bits per heavy atom. The Kier molecular flexibility index (Phi) is 11.0. The van der Waals surface area contributed by atoms with Crippen molar-refractivity contribution in [2.75, 3.05) is 6.54 Å². The number of carbonyl (C=O) groups excluding carboxylic acids is 1. The number of aromatic hydroxyl groups is 1. The lowest BCUT2D eigenvalue weighted by molar-refractivity contribution is -0.338. The molecule has 1 fully saturated rings. The number of aliphatic hydroxyl groups is 4. The van der Waals surface area contributed by atoms with E-state index in [1.165, 1.54) is 36.4 Å². The molecular formula is C36H38N2O12. The van der Waals surface area contributed by atoms with E-state index in [1.807, 2.05) is 49.4 Å². The van der Waals surface area contributed by atoms with Gasteiger partial charge in [0.15, 0.2) is 11.7 Å². The highest BCUT2D eigenvalue weighted by Crippen LogP contribution is 2.35. The second-order valence-electron chi connectivity index (χ2n) is 12.2. The predicted molar refractivity (Wildman–Crippen MR) is 180 cm³/mol. The maximum absolute atomic E-state index is 13.5. The summed E-state index contributed by atoms with van der Waals surface area (Å²) in [5.41, 5.74) is 3.02. The maximum Gasteiger partial charge on any atom is 0.335 e. The first-order chi connectivity index (χ1) is 23.8. The topological polar surface area (TPSA) is 242 Å². The van der Waals surface area contributed by atoms with Crippen molar-refractivity contribution in [1.82, 2.24) is 5.32 Å². The number of hydrogen-bond acceptors (Lipinski definition) is 12. The first-order valence-corrected chi connectivity index (χ1v) is 15.8. The Balaban J connectivity index is 1.38. The second kappa shape index (κ2) is 15.2. The van der Waals surface area contributed by atoms with Crippen LogP contribution in [0.2, 0.25) is 0 Å². The number of benzene rings is 3. The molecule has 14 nitrogen and oxygen atoms in total. The molecule has 0 saturated carbocycles. The van der Waals surface area contributed by atoms with E-state index in [1.54, 1.807) is 0 Å². The van der Waals surface area contributed by atoms with Gasteiger partial charge < -0.3 is 50.3 Å². The summed E-state index contributed by atoms with van der Waals surface area (Å²) in [6.07, 6.45) is -5.36. The molecule has 1 aromatic heterocycles. The quantitative estimate of drug-likeness (QED) is 0.0937. The number of carboxylic acids is 1. The van der Waals surface area contributed by atoms with E-state index in [0.29, 0.717) is 12.8 Å². The van der Waals surface area contributed by atoms with Crippen molar-refractivity contribution >= 4 is 28.9 Å². The number of rotatable bonds is 13. The molecule has 1 saturated heterocycles. The van der Waals surface area contributed by atoms with E-state index < -0.39 is 59.5 Å². The molecule has 9 N–H and O–H groups in total. The van der Waals surface area contributed by atoms with Gasteiger partial charge >= 0.3 is 5.97 Å². The van der Waals surface area contributed by atoms with Gasteiger partial charge in [-0.2, -0.15) is 0 Å². The predicted octanol–water partition coefficient (Wildman–Crippen LogP) is 1.94. The summed E-state index contributed by atoms with van der Waals surface area (Å²) in [5.74, 6) is -3.38. The van der Waals surface area contributed by atoms with Crippen LogP contribution in [-0.4, -0.2) is 85.5 Å². The van der Waals surface area contributed by atoms with Gasteiger partial charge in [0, 0.05) is 6.07 Å². The van der Waals surface area contributed by atoms with Gasteiger partial charge in [-0.05, 0) is 60.7 Å². The fourth-order valence-corrected chi connectivity index (χ4v) is 5.70. The minimum atomic E-state index is -2.82. The van der Waals surface area contributed by atoms with E-state index in [-0.39, 0.29) is 46.1 Å². The van der Waals surface area contributed by atoms with Crippen LogP contribution in [0, 0.1) is 5.92 Å². The molecule has 1 amide bonds. The number of amides is 1. The number of primary amides is 1. The highest BCUT2D eigenvalue weighted by atomic mass is 16.7. The lowest BCUT2D eigenvalue weighted by Crippen LogP contribution is -2.75. The van der Waals surface area contributed by atoms with Crippen LogP contribution in [0.3, 0.4) is 0 Å². The summed E-state index contributed by atoms with van der Waals surface area (Å²) in [5, 5.41) is 66.2. The molecule has 1 aliphatic heterocycles. The summed E-state index contributed by atoms with van der Waals surface area (Å²) in [6, 6.07) is 18.8. The van der Waals surface area contributed by atoms with E-state index in [0.717, 1.165) is 11.6 Å². The molecule has 2 heterocycles. The van der Waals surface area contributed by atoms with Crippen LogP contribution in [0.5, 0.6) is 11.5 Å². The van der Waals surface area contributed by atoms with Crippen molar-refractivity contribution < 1.29 is 54.1 Å². The molecule has 5 rings (SSSR count). The average Bonchev–Trinajstić information content (AvgIpc) is 3.09. The highest BCUT2D eigenvalue weighted by molar-refractivity contribution is 5.99. The third-order valence-corrected chi connectivity index (χ3v) is 8.55. The molecule has 1 aliphatic rings. The van der Waals surface area contributed by atoms with Crippen LogP contribution in [-0.2, 0) is 9.53 Å². The van der Waals surface area contributed by atoms with E-state index in [2.05, 4.69) is 5.32 Å². The summed E-state index contributed by atoms with van der Waals surface area (Å²) >= 11 is 0. The lowest BCUT2D eigenvalue weighted by atomic mass is 9.84. The monoisotopic (exact) mass is 690 g/mol. The second-order valence-corrected chi connectivity index (χ2v) is 12.2. The summed E-state index contributed by atoms with van der Waals surface area (Å²) in [7, 11) is 0. The third kappa shape index (κ3) is 7.55. The summed E-state index contributed by atoms with van der Waals surface area (Å²) < 4.78 is 16.9. The zero-order valence-electron chi connectivity index (χ0n) is 26.9. The average molecular weight is 691 g/mol. The van der Waals surface area contributed by atoms with Gasteiger partial charge in [0.05, 0.1) is 10.9 Å². The number of carbonyl (C=O) groups is 2. The zero-order chi connectivity index (χ0) is 36.2.